The van der Waals surface area contributed by atoms with Gasteiger partial charge >= 0.3 is 6.18 Å². The van der Waals surface area contributed by atoms with Crippen molar-refractivity contribution in [3.63, 3.8) is 0 Å². The first-order valence-electron chi connectivity index (χ1n) is 9.45. The van der Waals surface area contributed by atoms with E-state index in [1.54, 1.807) is 0 Å². The van der Waals surface area contributed by atoms with Gasteiger partial charge in [-0.05, 0) is 54.3 Å². The lowest BCUT2D eigenvalue weighted by Crippen LogP contribution is -2.48. The standard InChI is InChI=1S/C22H18F4N2O2/c23-15-6-7-18-17(13-15)21(20(30)27-18)9-11-28(12-10-21)19(29)8-5-14-3-1-2-4-16(14)22(24,25)26/h1-8,13H,9-12H2,(H,27,30). The summed E-state index contributed by atoms with van der Waals surface area (Å²) in [6, 6.07) is 9.17. The van der Waals surface area contributed by atoms with Crippen LogP contribution in [0.4, 0.5) is 23.2 Å². The summed E-state index contributed by atoms with van der Waals surface area (Å²) in [6.45, 7) is 0.487. The highest BCUT2D eigenvalue weighted by Gasteiger charge is 2.49. The topological polar surface area (TPSA) is 49.4 Å². The maximum atomic E-state index is 13.7. The van der Waals surface area contributed by atoms with Crippen LogP contribution < -0.4 is 5.32 Å². The third-order valence-corrected chi connectivity index (χ3v) is 5.78. The van der Waals surface area contributed by atoms with Crippen molar-refractivity contribution in [2.24, 2.45) is 0 Å². The van der Waals surface area contributed by atoms with Crippen LogP contribution in [0.2, 0.25) is 0 Å². The highest BCUT2D eigenvalue weighted by atomic mass is 19.4. The number of fused-ring (bicyclic) bond motifs is 2. The zero-order chi connectivity index (χ0) is 21.5. The Morgan fingerprint density at radius 1 is 1.10 bits per heavy atom. The van der Waals surface area contributed by atoms with Crippen molar-refractivity contribution >= 4 is 23.6 Å². The average molecular weight is 418 g/mol. The van der Waals surface area contributed by atoms with Gasteiger partial charge in [0.15, 0.2) is 0 Å². The molecule has 0 aliphatic carbocycles. The van der Waals surface area contributed by atoms with Crippen molar-refractivity contribution in [2.75, 3.05) is 18.4 Å². The number of hydrogen-bond donors (Lipinski definition) is 1. The number of alkyl halides is 3. The highest BCUT2D eigenvalue weighted by molar-refractivity contribution is 6.06. The Kier molecular flexibility index (Phi) is 4.88. The molecule has 0 atom stereocenters. The number of carbonyl (C=O) groups excluding carboxylic acids is 2. The first-order valence-corrected chi connectivity index (χ1v) is 9.45. The molecular formula is C22H18F4N2O2. The minimum Gasteiger partial charge on any atom is -0.339 e. The van der Waals surface area contributed by atoms with Crippen molar-refractivity contribution in [3.05, 3.63) is 71.0 Å². The molecule has 30 heavy (non-hydrogen) atoms. The summed E-state index contributed by atoms with van der Waals surface area (Å²) >= 11 is 0. The SMILES string of the molecule is O=C(C=Cc1ccccc1C(F)(F)F)N1CCC2(CC1)C(=O)Nc1ccc(F)cc12. The Labute approximate surface area is 170 Å². The molecule has 0 radical (unpaired) electrons. The summed E-state index contributed by atoms with van der Waals surface area (Å²) in [4.78, 5) is 26.6. The number of hydrogen-bond acceptors (Lipinski definition) is 2. The molecule has 0 bridgehead atoms. The molecule has 0 aromatic heterocycles. The maximum absolute atomic E-state index is 13.7. The van der Waals surface area contributed by atoms with Gasteiger partial charge in [0.2, 0.25) is 11.8 Å². The van der Waals surface area contributed by atoms with Crippen LogP contribution >= 0.6 is 0 Å². The predicted octanol–water partition coefficient (Wildman–Crippen LogP) is 4.37. The fraction of sp³-hybridized carbons (Fsp3) is 0.273. The van der Waals surface area contributed by atoms with Gasteiger partial charge in [-0.15, -0.1) is 0 Å². The van der Waals surface area contributed by atoms with E-state index in [0.29, 0.717) is 24.1 Å². The number of piperidine rings is 1. The van der Waals surface area contributed by atoms with Gasteiger partial charge in [-0.2, -0.15) is 13.2 Å². The summed E-state index contributed by atoms with van der Waals surface area (Å²) in [5.74, 6) is -1.08. The number of amides is 2. The Morgan fingerprint density at radius 2 is 1.80 bits per heavy atom. The molecule has 1 saturated heterocycles. The molecule has 2 aliphatic heterocycles. The van der Waals surface area contributed by atoms with Crippen molar-refractivity contribution in [1.82, 2.24) is 4.90 Å². The number of likely N-dealkylation sites (tertiary alicyclic amines) is 1. The number of nitrogens with zero attached hydrogens (tertiary/aromatic N) is 1. The second-order valence-electron chi connectivity index (χ2n) is 7.47. The lowest BCUT2D eigenvalue weighted by Gasteiger charge is -2.37. The van der Waals surface area contributed by atoms with Gasteiger partial charge < -0.3 is 10.2 Å². The molecule has 2 aliphatic rings. The molecular weight excluding hydrogens is 400 g/mol. The van der Waals surface area contributed by atoms with Crippen LogP contribution in [0.1, 0.15) is 29.5 Å². The van der Waals surface area contributed by atoms with E-state index >= 15 is 0 Å². The lowest BCUT2D eigenvalue weighted by atomic mass is 9.73. The molecule has 4 nitrogen and oxygen atoms in total. The Morgan fingerprint density at radius 3 is 2.50 bits per heavy atom. The van der Waals surface area contributed by atoms with Crippen molar-refractivity contribution in [3.8, 4) is 0 Å². The van der Waals surface area contributed by atoms with Gasteiger partial charge in [-0.1, -0.05) is 18.2 Å². The number of halogens is 4. The van der Waals surface area contributed by atoms with E-state index in [2.05, 4.69) is 5.32 Å². The number of nitrogens with one attached hydrogen (secondary N) is 1. The zero-order valence-electron chi connectivity index (χ0n) is 15.8. The van der Waals surface area contributed by atoms with E-state index in [0.717, 1.165) is 18.2 Å². The number of rotatable bonds is 2. The molecule has 2 heterocycles. The van der Waals surface area contributed by atoms with Crippen LogP contribution in [0.3, 0.4) is 0 Å². The Hall–Kier alpha value is -3.16. The summed E-state index contributed by atoms with van der Waals surface area (Å²) in [6.07, 6.45) is -1.62. The van der Waals surface area contributed by atoms with Gasteiger partial charge in [0.05, 0.1) is 11.0 Å². The minimum atomic E-state index is -4.51. The number of anilines is 1. The first kappa shape index (κ1) is 20.1. The van der Waals surface area contributed by atoms with E-state index in [1.165, 1.54) is 41.3 Å². The average Bonchev–Trinajstić information content (AvgIpc) is 2.97. The number of carbonyl (C=O) groups is 2. The third kappa shape index (κ3) is 3.46. The third-order valence-electron chi connectivity index (χ3n) is 5.78. The summed E-state index contributed by atoms with van der Waals surface area (Å²) in [5, 5.41) is 2.77. The lowest BCUT2D eigenvalue weighted by molar-refractivity contribution is -0.137. The van der Waals surface area contributed by atoms with Gasteiger partial charge in [-0.25, -0.2) is 4.39 Å². The van der Waals surface area contributed by atoms with Crippen LogP contribution in [0.5, 0.6) is 0 Å². The van der Waals surface area contributed by atoms with Gasteiger partial charge in [0.25, 0.3) is 0 Å². The summed E-state index contributed by atoms with van der Waals surface area (Å²) in [5.41, 5.74) is -0.626. The van der Waals surface area contributed by atoms with Crippen molar-refractivity contribution < 1.29 is 27.2 Å². The monoisotopic (exact) mass is 418 g/mol. The second kappa shape index (κ2) is 7.27. The van der Waals surface area contributed by atoms with Gasteiger partial charge in [0, 0.05) is 24.9 Å². The molecule has 2 amide bonds. The van der Waals surface area contributed by atoms with Crippen LogP contribution in [0, 0.1) is 5.82 Å². The van der Waals surface area contributed by atoms with E-state index in [4.69, 9.17) is 0 Å². The quantitative estimate of drug-likeness (QED) is 0.582. The smallest absolute Gasteiger partial charge is 0.339 e. The van der Waals surface area contributed by atoms with E-state index in [-0.39, 0.29) is 24.6 Å². The molecule has 0 saturated carbocycles. The predicted molar refractivity (Wildman–Crippen MR) is 103 cm³/mol. The van der Waals surface area contributed by atoms with Crippen LogP contribution in [0.15, 0.2) is 48.5 Å². The Bertz CT molecular complexity index is 1040. The summed E-state index contributed by atoms with van der Waals surface area (Å²) < 4.78 is 53.0. The van der Waals surface area contributed by atoms with Crippen molar-refractivity contribution in [1.29, 1.82) is 0 Å². The van der Waals surface area contributed by atoms with Gasteiger partial charge in [-0.3, -0.25) is 9.59 Å². The van der Waals surface area contributed by atoms with Crippen LogP contribution in [-0.2, 0) is 21.2 Å². The molecule has 1 fully saturated rings. The summed E-state index contributed by atoms with van der Waals surface area (Å²) in [7, 11) is 0. The molecule has 2 aromatic carbocycles. The van der Waals surface area contributed by atoms with E-state index < -0.39 is 28.9 Å². The Balaban J connectivity index is 1.48. The largest absolute Gasteiger partial charge is 0.416 e. The molecule has 2 aromatic rings. The highest BCUT2D eigenvalue weighted by Crippen LogP contribution is 2.45. The molecule has 156 valence electrons. The van der Waals surface area contributed by atoms with Crippen molar-refractivity contribution in [2.45, 2.75) is 24.4 Å². The zero-order valence-corrected chi connectivity index (χ0v) is 15.8. The number of benzene rings is 2. The fourth-order valence-corrected chi connectivity index (χ4v) is 4.16. The maximum Gasteiger partial charge on any atom is 0.416 e. The minimum absolute atomic E-state index is 0.0913. The van der Waals surface area contributed by atoms with E-state index in [1.807, 2.05) is 0 Å². The molecule has 8 heteroatoms. The molecule has 4 rings (SSSR count). The van der Waals surface area contributed by atoms with Gasteiger partial charge in [0.1, 0.15) is 5.82 Å². The molecule has 0 unspecified atom stereocenters. The van der Waals surface area contributed by atoms with E-state index in [9.17, 15) is 27.2 Å². The molecule has 1 N–H and O–H groups in total. The second-order valence-corrected chi connectivity index (χ2v) is 7.47. The van der Waals surface area contributed by atoms with Crippen LogP contribution in [-0.4, -0.2) is 29.8 Å². The first-order chi connectivity index (χ1) is 14.2. The molecule has 1 spiro atoms. The fourth-order valence-electron chi connectivity index (χ4n) is 4.16. The normalized spacial score (nSPS) is 18.0. The van der Waals surface area contributed by atoms with Crippen LogP contribution in [0.25, 0.3) is 6.08 Å².